The fourth-order valence-corrected chi connectivity index (χ4v) is 2.55. The van der Waals surface area contributed by atoms with Gasteiger partial charge in [0.2, 0.25) is 0 Å². The molecule has 1 amide bonds. The highest BCUT2D eigenvalue weighted by molar-refractivity contribution is 7.13. The highest BCUT2D eigenvalue weighted by Gasteiger charge is 2.27. The van der Waals surface area contributed by atoms with Gasteiger partial charge in [0.1, 0.15) is 16.5 Å². The molecule has 1 aromatic heterocycles. The Kier molecular flexibility index (Phi) is 5.62. The molecule has 23 heavy (non-hydrogen) atoms. The van der Waals surface area contributed by atoms with E-state index in [1.807, 2.05) is 31.2 Å². The Hall–Kier alpha value is -2.06. The van der Waals surface area contributed by atoms with Crippen molar-refractivity contribution < 1.29 is 18.3 Å². The van der Waals surface area contributed by atoms with Crippen LogP contribution in [0, 0.1) is 0 Å². The van der Waals surface area contributed by atoms with Crippen molar-refractivity contribution in [2.24, 2.45) is 5.73 Å². The second-order valence-corrected chi connectivity index (χ2v) is 5.60. The van der Waals surface area contributed by atoms with Gasteiger partial charge in [0, 0.05) is 10.9 Å². The highest BCUT2D eigenvalue weighted by Crippen LogP contribution is 2.25. The van der Waals surface area contributed by atoms with Gasteiger partial charge in [-0.3, -0.25) is 4.79 Å². The zero-order valence-electron chi connectivity index (χ0n) is 12.5. The largest absolute Gasteiger partial charge is 0.494 e. The number of carbonyl (C=O) groups is 1. The number of nitrogens with two attached hydrogens (primary N) is 1. The number of alkyl halides is 2. The fraction of sp³-hybridized carbons (Fsp3) is 0.333. The molecule has 3 N–H and O–H groups in total. The monoisotopic (exact) mass is 341 g/mol. The van der Waals surface area contributed by atoms with Crippen LogP contribution in [-0.4, -0.2) is 36.5 Å². The second kappa shape index (κ2) is 7.47. The van der Waals surface area contributed by atoms with Gasteiger partial charge in [-0.15, -0.1) is 11.3 Å². The molecule has 0 saturated heterocycles. The number of amides is 1. The molecule has 2 rings (SSSR count). The van der Waals surface area contributed by atoms with Crippen LogP contribution in [0.15, 0.2) is 29.6 Å². The van der Waals surface area contributed by atoms with Gasteiger partial charge in [0.25, 0.3) is 11.8 Å². The maximum atomic E-state index is 13.0. The predicted molar refractivity (Wildman–Crippen MR) is 85.1 cm³/mol. The molecule has 1 aromatic carbocycles. The fourth-order valence-electron chi connectivity index (χ4n) is 1.74. The van der Waals surface area contributed by atoms with Crippen molar-refractivity contribution in [3.8, 4) is 16.3 Å². The van der Waals surface area contributed by atoms with E-state index in [0.717, 1.165) is 11.3 Å². The topological polar surface area (TPSA) is 77.2 Å². The minimum absolute atomic E-state index is 0.103. The van der Waals surface area contributed by atoms with Gasteiger partial charge < -0.3 is 15.8 Å². The zero-order valence-corrected chi connectivity index (χ0v) is 13.3. The minimum atomic E-state index is -3.12. The molecule has 0 unspecified atom stereocenters. The maximum absolute atomic E-state index is 13.0. The van der Waals surface area contributed by atoms with Crippen molar-refractivity contribution in [3.05, 3.63) is 35.3 Å². The number of rotatable bonds is 7. The molecule has 0 spiro atoms. The quantitative estimate of drug-likeness (QED) is 0.811. The Labute approximate surface area is 136 Å². The molecule has 0 aliphatic carbocycles. The second-order valence-electron chi connectivity index (χ2n) is 4.74. The third-order valence-corrected chi connectivity index (χ3v) is 3.85. The predicted octanol–water partition coefficient (Wildman–Crippen LogP) is 2.53. The number of aromatic nitrogens is 1. The molecule has 0 bridgehead atoms. The molecule has 0 atom stereocenters. The molecule has 0 aliphatic heterocycles. The van der Waals surface area contributed by atoms with Crippen LogP contribution in [-0.2, 0) is 0 Å². The molecule has 2 aromatic rings. The normalized spacial score (nSPS) is 11.3. The number of carbonyl (C=O) groups excluding carboxylic acids is 1. The first-order chi connectivity index (χ1) is 10.9. The van der Waals surface area contributed by atoms with Crippen LogP contribution < -0.4 is 15.8 Å². The van der Waals surface area contributed by atoms with E-state index in [1.54, 1.807) is 0 Å². The Balaban J connectivity index is 2.03. The number of nitrogens with zero attached hydrogens (tertiary/aromatic N) is 1. The highest BCUT2D eigenvalue weighted by atomic mass is 32.1. The van der Waals surface area contributed by atoms with E-state index in [0.29, 0.717) is 11.6 Å². The first kappa shape index (κ1) is 17.3. The third kappa shape index (κ3) is 4.70. The number of nitrogens with one attached hydrogen (secondary N) is 1. The summed E-state index contributed by atoms with van der Waals surface area (Å²) in [5.41, 5.74) is 5.85. The molecule has 1 heterocycles. The summed E-state index contributed by atoms with van der Waals surface area (Å²) in [5.74, 6) is -3.02. The summed E-state index contributed by atoms with van der Waals surface area (Å²) in [6.07, 6.45) is 0. The first-order valence-corrected chi connectivity index (χ1v) is 7.88. The van der Waals surface area contributed by atoms with E-state index in [1.165, 1.54) is 16.7 Å². The Morgan fingerprint density at radius 2 is 2.09 bits per heavy atom. The molecular weight excluding hydrogens is 324 g/mol. The first-order valence-electron chi connectivity index (χ1n) is 7.00. The number of hydrogen-bond acceptors (Lipinski definition) is 5. The summed E-state index contributed by atoms with van der Waals surface area (Å²) in [4.78, 5) is 16.0. The summed E-state index contributed by atoms with van der Waals surface area (Å²) in [7, 11) is 0. The average molecular weight is 341 g/mol. The third-order valence-electron chi connectivity index (χ3n) is 2.96. The van der Waals surface area contributed by atoms with Crippen molar-refractivity contribution in [1.82, 2.24) is 10.3 Å². The van der Waals surface area contributed by atoms with Gasteiger partial charge in [0.05, 0.1) is 19.7 Å². The Bertz CT molecular complexity index is 659. The van der Waals surface area contributed by atoms with Crippen molar-refractivity contribution >= 4 is 17.2 Å². The molecule has 0 radical (unpaired) electrons. The van der Waals surface area contributed by atoms with Crippen molar-refractivity contribution in [1.29, 1.82) is 0 Å². The van der Waals surface area contributed by atoms with E-state index >= 15 is 0 Å². The van der Waals surface area contributed by atoms with E-state index in [4.69, 9.17) is 10.5 Å². The van der Waals surface area contributed by atoms with Crippen LogP contribution in [0.2, 0.25) is 0 Å². The number of benzene rings is 1. The molecule has 8 heteroatoms. The van der Waals surface area contributed by atoms with E-state index in [-0.39, 0.29) is 5.69 Å². The maximum Gasteiger partial charge on any atom is 0.277 e. The summed E-state index contributed by atoms with van der Waals surface area (Å²) >= 11 is 1.26. The summed E-state index contributed by atoms with van der Waals surface area (Å²) in [6.45, 7) is 0.849. The smallest absolute Gasteiger partial charge is 0.277 e. The molecule has 0 saturated carbocycles. The van der Waals surface area contributed by atoms with E-state index < -0.39 is 24.9 Å². The minimum Gasteiger partial charge on any atom is -0.494 e. The molecular formula is C15H17F2N3O2S. The summed E-state index contributed by atoms with van der Waals surface area (Å²) in [5, 5.41) is 4.29. The van der Waals surface area contributed by atoms with Crippen LogP contribution >= 0.6 is 11.3 Å². The van der Waals surface area contributed by atoms with Crippen LogP contribution in [0.25, 0.3) is 10.6 Å². The summed E-state index contributed by atoms with van der Waals surface area (Å²) < 4.78 is 31.4. The lowest BCUT2D eigenvalue weighted by atomic mass is 10.2. The standard InChI is InChI=1S/C15H17F2N3O2S/c1-2-22-11-5-3-10(4-6-11)14-20-12(7-23-14)13(21)19-9-15(16,17)8-18/h3-7H,2,8-9,18H2,1H3,(H,19,21). The molecule has 5 nitrogen and oxygen atoms in total. The average Bonchev–Trinajstić information content (AvgIpc) is 3.04. The van der Waals surface area contributed by atoms with Gasteiger partial charge in [0.15, 0.2) is 0 Å². The van der Waals surface area contributed by atoms with E-state index in [9.17, 15) is 13.6 Å². The van der Waals surface area contributed by atoms with Crippen molar-refractivity contribution in [3.63, 3.8) is 0 Å². The lowest BCUT2D eigenvalue weighted by molar-refractivity contribution is 0.0118. The summed E-state index contributed by atoms with van der Waals surface area (Å²) in [6, 6.07) is 7.27. The molecule has 0 aliphatic rings. The van der Waals surface area contributed by atoms with Crippen molar-refractivity contribution in [2.45, 2.75) is 12.8 Å². The van der Waals surface area contributed by atoms with Crippen molar-refractivity contribution in [2.75, 3.05) is 19.7 Å². The van der Waals surface area contributed by atoms with Crippen LogP contribution in [0.4, 0.5) is 8.78 Å². The van der Waals surface area contributed by atoms with Crippen LogP contribution in [0.3, 0.4) is 0 Å². The SMILES string of the molecule is CCOc1ccc(-c2nc(C(=O)NCC(F)(F)CN)cs2)cc1. The number of thiazole rings is 1. The lowest BCUT2D eigenvalue weighted by Crippen LogP contribution is -2.41. The number of hydrogen-bond donors (Lipinski definition) is 2. The van der Waals surface area contributed by atoms with Gasteiger partial charge in [-0.25, -0.2) is 13.8 Å². The Morgan fingerprint density at radius 3 is 2.70 bits per heavy atom. The molecule has 124 valence electrons. The van der Waals surface area contributed by atoms with E-state index in [2.05, 4.69) is 10.3 Å². The number of ether oxygens (including phenoxy) is 1. The van der Waals surface area contributed by atoms with Crippen LogP contribution in [0.5, 0.6) is 5.75 Å². The van der Waals surface area contributed by atoms with Gasteiger partial charge in [-0.05, 0) is 31.2 Å². The zero-order chi connectivity index (χ0) is 16.9. The number of halogens is 2. The van der Waals surface area contributed by atoms with Gasteiger partial charge in [-0.2, -0.15) is 0 Å². The molecule has 0 fully saturated rings. The lowest BCUT2D eigenvalue weighted by Gasteiger charge is -2.13. The van der Waals surface area contributed by atoms with Gasteiger partial charge >= 0.3 is 0 Å². The van der Waals surface area contributed by atoms with Crippen LogP contribution in [0.1, 0.15) is 17.4 Å². The Morgan fingerprint density at radius 1 is 1.39 bits per heavy atom. The van der Waals surface area contributed by atoms with Gasteiger partial charge in [-0.1, -0.05) is 0 Å².